The number of hydrogen-bond acceptors (Lipinski definition) is 1. The molecule has 1 heteroatoms. The summed E-state index contributed by atoms with van der Waals surface area (Å²) < 4.78 is 0. The summed E-state index contributed by atoms with van der Waals surface area (Å²) in [5.74, 6) is 0.612. The fourth-order valence-electron chi connectivity index (χ4n) is 2.40. The van der Waals surface area contributed by atoms with Crippen LogP contribution in [0.4, 0.5) is 0 Å². The first-order chi connectivity index (χ1) is 6.81. The minimum absolute atomic E-state index is 0.391. The number of nitrogens with two attached hydrogens (primary N) is 1. The van der Waals surface area contributed by atoms with Crippen LogP contribution in [0.3, 0.4) is 0 Å². The van der Waals surface area contributed by atoms with E-state index in [2.05, 4.69) is 31.2 Å². The van der Waals surface area contributed by atoms with Crippen molar-refractivity contribution in [3.63, 3.8) is 0 Å². The number of hydrogen-bond donors (Lipinski definition) is 1. The molecule has 0 heterocycles. The molecule has 0 spiro atoms. The number of aryl methyl sites for hydroxylation is 1. The summed E-state index contributed by atoms with van der Waals surface area (Å²) in [6.45, 7) is 2.19. The Hall–Kier alpha value is -0.820. The zero-order valence-corrected chi connectivity index (χ0v) is 8.87. The van der Waals surface area contributed by atoms with Gasteiger partial charge in [-0.15, -0.1) is 0 Å². The van der Waals surface area contributed by atoms with Crippen LogP contribution in [0.15, 0.2) is 24.3 Å². The lowest BCUT2D eigenvalue weighted by Gasteiger charge is -2.15. The Bertz CT molecular complexity index is 289. The van der Waals surface area contributed by atoms with Crippen LogP contribution in [0, 0.1) is 0 Å². The second-order valence-electron chi connectivity index (χ2n) is 4.30. The van der Waals surface area contributed by atoms with Gasteiger partial charge >= 0.3 is 0 Å². The predicted octanol–water partition coefficient (Wildman–Crippen LogP) is 2.84. The third kappa shape index (κ3) is 1.83. The van der Waals surface area contributed by atoms with E-state index < -0.39 is 0 Å². The standard InChI is InChI=1S/C13H19N/c1-2-10-6-8-11(9-7-10)12-4-3-5-13(12)14/h6-9,12-13H,2-5,14H2,1H3. The minimum Gasteiger partial charge on any atom is -0.327 e. The van der Waals surface area contributed by atoms with Crippen molar-refractivity contribution >= 4 is 0 Å². The van der Waals surface area contributed by atoms with Gasteiger partial charge in [0.1, 0.15) is 0 Å². The van der Waals surface area contributed by atoms with Crippen molar-refractivity contribution in [1.82, 2.24) is 0 Å². The molecule has 14 heavy (non-hydrogen) atoms. The van der Waals surface area contributed by atoms with Gasteiger partial charge in [0.2, 0.25) is 0 Å². The highest BCUT2D eigenvalue weighted by molar-refractivity contribution is 5.27. The molecule has 0 aromatic heterocycles. The van der Waals surface area contributed by atoms with E-state index >= 15 is 0 Å². The van der Waals surface area contributed by atoms with E-state index in [9.17, 15) is 0 Å². The summed E-state index contributed by atoms with van der Waals surface area (Å²) in [6.07, 6.45) is 4.88. The molecule has 2 N–H and O–H groups in total. The Labute approximate surface area is 86.3 Å². The van der Waals surface area contributed by atoms with Crippen molar-refractivity contribution in [2.75, 3.05) is 0 Å². The summed E-state index contributed by atoms with van der Waals surface area (Å²) in [4.78, 5) is 0. The third-order valence-electron chi connectivity index (χ3n) is 3.39. The Morgan fingerprint density at radius 2 is 1.93 bits per heavy atom. The van der Waals surface area contributed by atoms with Crippen LogP contribution in [0.5, 0.6) is 0 Å². The van der Waals surface area contributed by atoms with Gasteiger partial charge in [0.25, 0.3) is 0 Å². The van der Waals surface area contributed by atoms with E-state index in [1.807, 2.05) is 0 Å². The van der Waals surface area contributed by atoms with Crippen molar-refractivity contribution in [2.24, 2.45) is 5.73 Å². The SMILES string of the molecule is CCc1ccc(C2CCCC2N)cc1. The largest absolute Gasteiger partial charge is 0.327 e. The molecule has 76 valence electrons. The zero-order valence-electron chi connectivity index (χ0n) is 8.87. The molecule has 1 aromatic rings. The first kappa shape index (κ1) is 9.72. The highest BCUT2D eigenvalue weighted by Crippen LogP contribution is 2.33. The second kappa shape index (κ2) is 4.14. The highest BCUT2D eigenvalue weighted by atomic mass is 14.7. The molecule has 2 atom stereocenters. The van der Waals surface area contributed by atoms with E-state index in [4.69, 9.17) is 5.73 Å². The summed E-state index contributed by atoms with van der Waals surface area (Å²) in [6, 6.07) is 9.38. The van der Waals surface area contributed by atoms with E-state index in [0.717, 1.165) is 6.42 Å². The Morgan fingerprint density at radius 3 is 2.43 bits per heavy atom. The smallest absolute Gasteiger partial charge is 0.0108 e. The fraction of sp³-hybridized carbons (Fsp3) is 0.538. The maximum atomic E-state index is 6.08. The minimum atomic E-state index is 0.391. The summed E-state index contributed by atoms with van der Waals surface area (Å²) in [7, 11) is 0. The molecule has 1 aliphatic carbocycles. The first-order valence-electron chi connectivity index (χ1n) is 5.65. The molecule has 1 aliphatic rings. The van der Waals surface area contributed by atoms with Crippen LogP contribution in [0.25, 0.3) is 0 Å². The van der Waals surface area contributed by atoms with Crippen LogP contribution in [-0.4, -0.2) is 6.04 Å². The van der Waals surface area contributed by atoms with Gasteiger partial charge in [-0.3, -0.25) is 0 Å². The molecular weight excluding hydrogens is 170 g/mol. The second-order valence-corrected chi connectivity index (χ2v) is 4.30. The van der Waals surface area contributed by atoms with Crippen LogP contribution >= 0.6 is 0 Å². The monoisotopic (exact) mass is 189 g/mol. The molecule has 1 nitrogen and oxygen atoms in total. The van der Waals surface area contributed by atoms with E-state index in [1.165, 1.54) is 30.4 Å². The molecule has 1 aromatic carbocycles. The molecule has 2 unspecified atom stereocenters. The van der Waals surface area contributed by atoms with Gasteiger partial charge in [-0.1, -0.05) is 37.6 Å². The molecule has 0 saturated heterocycles. The summed E-state index contributed by atoms with van der Waals surface area (Å²) in [5, 5.41) is 0. The lowest BCUT2D eigenvalue weighted by Crippen LogP contribution is -2.22. The van der Waals surface area contributed by atoms with Crippen LogP contribution < -0.4 is 5.73 Å². The quantitative estimate of drug-likeness (QED) is 0.760. The molecule has 1 saturated carbocycles. The van der Waals surface area contributed by atoms with Gasteiger partial charge < -0.3 is 5.73 Å². The van der Waals surface area contributed by atoms with Crippen molar-refractivity contribution in [3.8, 4) is 0 Å². The Kier molecular flexibility index (Phi) is 2.87. The van der Waals surface area contributed by atoms with Gasteiger partial charge in [0.05, 0.1) is 0 Å². The van der Waals surface area contributed by atoms with Crippen LogP contribution in [-0.2, 0) is 6.42 Å². The third-order valence-corrected chi connectivity index (χ3v) is 3.39. The van der Waals surface area contributed by atoms with Crippen molar-refractivity contribution in [2.45, 2.75) is 44.6 Å². The lowest BCUT2D eigenvalue weighted by atomic mass is 9.93. The average molecular weight is 189 g/mol. The lowest BCUT2D eigenvalue weighted by molar-refractivity contribution is 0.613. The van der Waals surface area contributed by atoms with E-state index in [1.54, 1.807) is 0 Å². The predicted molar refractivity (Wildman–Crippen MR) is 60.4 cm³/mol. The molecule has 0 aliphatic heterocycles. The zero-order chi connectivity index (χ0) is 9.97. The average Bonchev–Trinajstić information content (AvgIpc) is 2.65. The normalized spacial score (nSPS) is 26.7. The summed E-state index contributed by atoms with van der Waals surface area (Å²) in [5.41, 5.74) is 8.94. The summed E-state index contributed by atoms with van der Waals surface area (Å²) >= 11 is 0. The van der Waals surface area contributed by atoms with Gasteiger partial charge in [0.15, 0.2) is 0 Å². The van der Waals surface area contributed by atoms with Crippen molar-refractivity contribution in [3.05, 3.63) is 35.4 Å². The van der Waals surface area contributed by atoms with Gasteiger partial charge in [-0.25, -0.2) is 0 Å². The molecule has 0 bridgehead atoms. The molecule has 0 amide bonds. The van der Waals surface area contributed by atoms with Gasteiger partial charge in [0, 0.05) is 6.04 Å². The number of benzene rings is 1. The molecule has 0 radical (unpaired) electrons. The van der Waals surface area contributed by atoms with E-state index in [-0.39, 0.29) is 0 Å². The maximum Gasteiger partial charge on any atom is 0.0108 e. The molecule has 2 rings (SSSR count). The highest BCUT2D eigenvalue weighted by Gasteiger charge is 2.24. The fourth-order valence-corrected chi connectivity index (χ4v) is 2.40. The van der Waals surface area contributed by atoms with Crippen LogP contribution in [0.2, 0.25) is 0 Å². The van der Waals surface area contributed by atoms with Crippen LogP contribution in [0.1, 0.15) is 43.2 Å². The Morgan fingerprint density at radius 1 is 1.21 bits per heavy atom. The number of rotatable bonds is 2. The van der Waals surface area contributed by atoms with Crippen molar-refractivity contribution < 1.29 is 0 Å². The molecule has 1 fully saturated rings. The Balaban J connectivity index is 2.16. The molecular formula is C13H19N. The topological polar surface area (TPSA) is 26.0 Å². The van der Waals surface area contributed by atoms with Crippen molar-refractivity contribution in [1.29, 1.82) is 0 Å². The van der Waals surface area contributed by atoms with Gasteiger partial charge in [-0.2, -0.15) is 0 Å². The van der Waals surface area contributed by atoms with E-state index in [0.29, 0.717) is 12.0 Å². The maximum absolute atomic E-state index is 6.08. The first-order valence-corrected chi connectivity index (χ1v) is 5.65. The van der Waals surface area contributed by atoms with Gasteiger partial charge in [-0.05, 0) is 36.3 Å².